The first-order chi connectivity index (χ1) is 9.94. The number of hydrogen-bond donors (Lipinski definition) is 3. The molecule has 1 saturated heterocycles. The summed E-state index contributed by atoms with van der Waals surface area (Å²) in [6.07, 6.45) is 4.60. The fraction of sp³-hybridized carbons (Fsp3) is 0.938. The van der Waals surface area contributed by atoms with E-state index in [1.165, 1.54) is 19.4 Å². The van der Waals surface area contributed by atoms with Gasteiger partial charge in [0.1, 0.15) is 0 Å². The lowest BCUT2D eigenvalue weighted by Gasteiger charge is -2.36. The maximum Gasteiger partial charge on any atom is 0.315 e. The van der Waals surface area contributed by atoms with Gasteiger partial charge in [-0.1, -0.05) is 0 Å². The fourth-order valence-corrected chi connectivity index (χ4v) is 3.26. The molecule has 2 fully saturated rings. The largest absolute Gasteiger partial charge is 0.394 e. The molecule has 0 aromatic rings. The van der Waals surface area contributed by atoms with Gasteiger partial charge in [0, 0.05) is 19.1 Å². The molecule has 2 atom stereocenters. The molecule has 1 aliphatic heterocycles. The number of likely N-dealkylation sites (tertiary alicyclic amines) is 1. The number of carbonyl (C=O) groups is 1. The summed E-state index contributed by atoms with van der Waals surface area (Å²) >= 11 is 0. The maximum absolute atomic E-state index is 12.1. The SMILES string of the molecule is CC(C)N1CCCC(CNC(=O)NC(C)(CO)C2CC2)C1. The molecular weight excluding hydrogens is 266 g/mol. The van der Waals surface area contributed by atoms with Crippen molar-refractivity contribution in [2.24, 2.45) is 11.8 Å². The zero-order valence-corrected chi connectivity index (χ0v) is 13.7. The smallest absolute Gasteiger partial charge is 0.315 e. The third-order valence-electron chi connectivity index (χ3n) is 5.04. The lowest BCUT2D eigenvalue weighted by Crippen LogP contribution is -2.55. The second kappa shape index (κ2) is 6.97. The lowest BCUT2D eigenvalue weighted by molar-refractivity contribution is 0.135. The lowest BCUT2D eigenvalue weighted by atomic mass is 9.96. The van der Waals surface area contributed by atoms with E-state index < -0.39 is 5.54 Å². The molecule has 0 aromatic carbocycles. The highest BCUT2D eigenvalue weighted by Crippen LogP contribution is 2.39. The molecule has 5 nitrogen and oxygen atoms in total. The van der Waals surface area contributed by atoms with Crippen LogP contribution in [0.2, 0.25) is 0 Å². The van der Waals surface area contributed by atoms with Crippen molar-refractivity contribution in [2.75, 3.05) is 26.2 Å². The summed E-state index contributed by atoms with van der Waals surface area (Å²) < 4.78 is 0. The van der Waals surface area contributed by atoms with E-state index in [1.54, 1.807) is 0 Å². The number of piperidine rings is 1. The molecule has 0 radical (unpaired) electrons. The summed E-state index contributed by atoms with van der Waals surface area (Å²) in [6.45, 7) is 9.36. The first-order valence-electron chi connectivity index (χ1n) is 8.35. The molecule has 122 valence electrons. The zero-order chi connectivity index (χ0) is 15.5. The van der Waals surface area contributed by atoms with Crippen molar-refractivity contribution in [1.29, 1.82) is 0 Å². The van der Waals surface area contributed by atoms with Gasteiger partial charge in [-0.25, -0.2) is 4.79 Å². The van der Waals surface area contributed by atoms with Gasteiger partial charge in [0.2, 0.25) is 0 Å². The molecule has 1 saturated carbocycles. The first-order valence-corrected chi connectivity index (χ1v) is 8.35. The minimum absolute atomic E-state index is 0.00957. The zero-order valence-electron chi connectivity index (χ0n) is 13.7. The van der Waals surface area contributed by atoms with Gasteiger partial charge in [0.05, 0.1) is 12.1 Å². The van der Waals surface area contributed by atoms with Crippen LogP contribution in [-0.4, -0.2) is 53.9 Å². The van der Waals surface area contributed by atoms with Crippen molar-refractivity contribution in [3.05, 3.63) is 0 Å². The number of aliphatic hydroxyl groups excluding tert-OH is 1. The Balaban J connectivity index is 1.73. The third-order valence-corrected chi connectivity index (χ3v) is 5.04. The van der Waals surface area contributed by atoms with E-state index in [1.807, 2.05) is 6.92 Å². The molecule has 2 aliphatic rings. The Kier molecular flexibility index (Phi) is 5.49. The Labute approximate surface area is 128 Å². The summed E-state index contributed by atoms with van der Waals surface area (Å²) in [5.41, 5.74) is -0.458. The van der Waals surface area contributed by atoms with Crippen LogP contribution in [0.25, 0.3) is 0 Å². The highest BCUT2D eigenvalue weighted by molar-refractivity contribution is 5.74. The molecule has 0 aromatic heterocycles. The molecule has 1 heterocycles. The molecule has 2 amide bonds. The fourth-order valence-electron chi connectivity index (χ4n) is 3.26. The van der Waals surface area contributed by atoms with E-state index in [0.29, 0.717) is 17.9 Å². The van der Waals surface area contributed by atoms with Gasteiger partial charge in [-0.15, -0.1) is 0 Å². The van der Waals surface area contributed by atoms with E-state index in [-0.39, 0.29) is 12.6 Å². The van der Waals surface area contributed by atoms with Crippen molar-refractivity contribution in [2.45, 2.75) is 58.0 Å². The Hall–Kier alpha value is -0.810. The number of aliphatic hydroxyl groups is 1. The first kappa shape index (κ1) is 16.6. The number of nitrogens with one attached hydrogen (secondary N) is 2. The molecule has 5 heteroatoms. The van der Waals surface area contributed by atoms with Crippen LogP contribution in [0.5, 0.6) is 0 Å². The second-order valence-corrected chi connectivity index (χ2v) is 7.28. The van der Waals surface area contributed by atoms with Crippen molar-refractivity contribution < 1.29 is 9.90 Å². The monoisotopic (exact) mass is 297 g/mol. The van der Waals surface area contributed by atoms with Gasteiger partial charge in [-0.3, -0.25) is 0 Å². The highest BCUT2D eigenvalue weighted by atomic mass is 16.3. The summed E-state index contributed by atoms with van der Waals surface area (Å²) in [5.74, 6) is 0.965. The average molecular weight is 297 g/mol. The van der Waals surface area contributed by atoms with Crippen LogP contribution < -0.4 is 10.6 Å². The van der Waals surface area contributed by atoms with Crippen molar-refractivity contribution in [3.8, 4) is 0 Å². The number of nitrogens with zero attached hydrogens (tertiary/aromatic N) is 1. The molecule has 2 unspecified atom stereocenters. The second-order valence-electron chi connectivity index (χ2n) is 7.28. The summed E-state index contributed by atoms with van der Waals surface area (Å²) in [4.78, 5) is 14.5. The quantitative estimate of drug-likeness (QED) is 0.697. The Bertz CT molecular complexity index is 357. The average Bonchev–Trinajstić information content (AvgIpc) is 3.30. The predicted octanol–water partition coefficient (Wildman–Crippen LogP) is 1.57. The molecule has 21 heavy (non-hydrogen) atoms. The van der Waals surface area contributed by atoms with Crippen LogP contribution in [0.1, 0.15) is 46.5 Å². The van der Waals surface area contributed by atoms with Crippen LogP contribution >= 0.6 is 0 Å². The number of carbonyl (C=O) groups excluding carboxylic acids is 1. The van der Waals surface area contributed by atoms with Crippen LogP contribution in [0.4, 0.5) is 4.79 Å². The van der Waals surface area contributed by atoms with Crippen molar-refractivity contribution >= 4 is 6.03 Å². The molecule has 0 bridgehead atoms. The highest BCUT2D eigenvalue weighted by Gasteiger charge is 2.42. The summed E-state index contributed by atoms with van der Waals surface area (Å²) in [6, 6.07) is 0.439. The Morgan fingerprint density at radius 3 is 2.67 bits per heavy atom. The van der Waals surface area contributed by atoms with E-state index in [2.05, 4.69) is 29.4 Å². The standard InChI is InChI=1S/C16H31N3O2/c1-12(2)19-8-4-5-13(10-19)9-17-15(21)18-16(3,11-20)14-6-7-14/h12-14,20H,4-11H2,1-3H3,(H2,17,18,21). The van der Waals surface area contributed by atoms with E-state index in [4.69, 9.17) is 0 Å². The number of rotatable bonds is 6. The summed E-state index contributed by atoms with van der Waals surface area (Å²) in [7, 11) is 0. The minimum atomic E-state index is -0.458. The molecular formula is C16H31N3O2. The Morgan fingerprint density at radius 2 is 2.10 bits per heavy atom. The number of hydrogen-bond acceptors (Lipinski definition) is 3. The van der Waals surface area contributed by atoms with Crippen molar-refractivity contribution in [1.82, 2.24) is 15.5 Å². The molecule has 3 N–H and O–H groups in total. The van der Waals surface area contributed by atoms with E-state index in [9.17, 15) is 9.90 Å². The van der Waals surface area contributed by atoms with Crippen LogP contribution in [0.3, 0.4) is 0 Å². The topological polar surface area (TPSA) is 64.6 Å². The minimum Gasteiger partial charge on any atom is -0.394 e. The van der Waals surface area contributed by atoms with Gasteiger partial charge < -0.3 is 20.6 Å². The van der Waals surface area contributed by atoms with Gasteiger partial charge >= 0.3 is 6.03 Å². The summed E-state index contributed by atoms with van der Waals surface area (Å²) in [5, 5.41) is 15.5. The molecule has 0 spiro atoms. The molecule has 2 rings (SSSR count). The van der Waals surface area contributed by atoms with Gasteiger partial charge in [0.15, 0.2) is 0 Å². The number of amides is 2. The maximum atomic E-state index is 12.1. The number of urea groups is 1. The van der Waals surface area contributed by atoms with E-state index >= 15 is 0 Å². The van der Waals surface area contributed by atoms with Crippen LogP contribution in [-0.2, 0) is 0 Å². The third kappa shape index (κ3) is 4.58. The Morgan fingerprint density at radius 1 is 1.38 bits per heavy atom. The van der Waals surface area contributed by atoms with Gasteiger partial charge in [-0.05, 0) is 64.8 Å². The van der Waals surface area contributed by atoms with Crippen molar-refractivity contribution in [3.63, 3.8) is 0 Å². The molecule has 1 aliphatic carbocycles. The van der Waals surface area contributed by atoms with E-state index in [0.717, 1.165) is 25.9 Å². The predicted molar refractivity (Wildman–Crippen MR) is 84.2 cm³/mol. The van der Waals surface area contributed by atoms with Crippen LogP contribution in [0.15, 0.2) is 0 Å². The normalized spacial score (nSPS) is 26.4. The van der Waals surface area contributed by atoms with Gasteiger partial charge in [0.25, 0.3) is 0 Å². The van der Waals surface area contributed by atoms with Crippen LogP contribution in [0, 0.1) is 11.8 Å². The van der Waals surface area contributed by atoms with Gasteiger partial charge in [-0.2, -0.15) is 0 Å².